The number of hydrogen-bond donors (Lipinski definition) is 1. The minimum Gasteiger partial charge on any atom is -0.395 e. The van der Waals surface area contributed by atoms with Gasteiger partial charge in [-0.3, -0.25) is 9.69 Å². The molecule has 1 amide bonds. The minimum absolute atomic E-state index is 0.00301. The first kappa shape index (κ1) is 15.2. The van der Waals surface area contributed by atoms with Crippen LogP contribution in [0.2, 0.25) is 5.15 Å². The van der Waals surface area contributed by atoms with Gasteiger partial charge in [-0.1, -0.05) is 11.6 Å². The van der Waals surface area contributed by atoms with Crippen molar-refractivity contribution in [1.29, 1.82) is 0 Å². The molecule has 2 heterocycles. The Morgan fingerprint density at radius 2 is 2.15 bits per heavy atom. The van der Waals surface area contributed by atoms with Gasteiger partial charge in [-0.25, -0.2) is 4.98 Å². The van der Waals surface area contributed by atoms with Gasteiger partial charge < -0.3 is 10.0 Å². The quantitative estimate of drug-likeness (QED) is 0.851. The van der Waals surface area contributed by atoms with Gasteiger partial charge in [0.25, 0.3) is 5.91 Å². The normalized spacial score (nSPS) is 17.1. The predicted molar refractivity (Wildman–Crippen MR) is 78.0 cm³/mol. The number of aromatic nitrogens is 1. The lowest BCUT2D eigenvalue weighted by molar-refractivity contribution is 0.0760. The van der Waals surface area contributed by atoms with E-state index < -0.39 is 0 Å². The monoisotopic (exact) mass is 297 g/mol. The Morgan fingerprint density at radius 1 is 1.35 bits per heavy atom. The third-order valence-corrected chi connectivity index (χ3v) is 3.65. The number of amides is 1. The number of aryl methyl sites for hydroxylation is 1. The summed E-state index contributed by atoms with van der Waals surface area (Å²) in [4.78, 5) is 20.6. The van der Waals surface area contributed by atoms with Crippen molar-refractivity contribution in [1.82, 2.24) is 14.8 Å². The molecule has 0 spiro atoms. The van der Waals surface area contributed by atoms with E-state index in [0.717, 1.165) is 31.7 Å². The van der Waals surface area contributed by atoms with Crippen LogP contribution in [0.4, 0.5) is 0 Å². The van der Waals surface area contributed by atoms with Crippen LogP contribution < -0.4 is 0 Å². The fourth-order valence-electron chi connectivity index (χ4n) is 2.47. The Labute approximate surface area is 124 Å². The number of β-amino-alcohol motifs (C(OH)–C–C–N with tert-alkyl or cyclic N) is 1. The molecule has 0 aliphatic carbocycles. The molecule has 20 heavy (non-hydrogen) atoms. The van der Waals surface area contributed by atoms with Gasteiger partial charge in [-0.05, 0) is 32.0 Å². The maximum Gasteiger partial charge on any atom is 0.254 e. The molecule has 1 aromatic rings. The Morgan fingerprint density at radius 3 is 2.85 bits per heavy atom. The van der Waals surface area contributed by atoms with E-state index in [1.54, 1.807) is 12.1 Å². The van der Waals surface area contributed by atoms with Crippen LogP contribution in [-0.4, -0.2) is 65.1 Å². The summed E-state index contributed by atoms with van der Waals surface area (Å²) in [7, 11) is 0. The van der Waals surface area contributed by atoms with Crippen molar-refractivity contribution in [2.45, 2.75) is 13.3 Å². The number of aliphatic hydroxyl groups is 1. The maximum atomic E-state index is 12.5. The third kappa shape index (κ3) is 3.91. The van der Waals surface area contributed by atoms with E-state index in [0.29, 0.717) is 23.8 Å². The summed E-state index contributed by atoms with van der Waals surface area (Å²) in [5.74, 6) is 0.00301. The van der Waals surface area contributed by atoms with Crippen LogP contribution in [0.15, 0.2) is 12.1 Å². The Bertz CT molecular complexity index is 461. The highest BCUT2D eigenvalue weighted by Crippen LogP contribution is 2.14. The number of carbonyl (C=O) groups excluding carboxylic acids is 1. The molecule has 0 atom stereocenters. The lowest BCUT2D eigenvalue weighted by Gasteiger charge is -2.21. The highest BCUT2D eigenvalue weighted by atomic mass is 35.5. The zero-order valence-electron chi connectivity index (χ0n) is 11.7. The van der Waals surface area contributed by atoms with Gasteiger partial charge in [0.2, 0.25) is 0 Å². The van der Waals surface area contributed by atoms with Gasteiger partial charge >= 0.3 is 0 Å². The lowest BCUT2D eigenvalue weighted by atomic mass is 10.2. The first-order valence-corrected chi connectivity index (χ1v) is 7.24. The molecular formula is C14H20ClN3O2. The number of hydrogen-bond acceptors (Lipinski definition) is 4. The van der Waals surface area contributed by atoms with Crippen molar-refractivity contribution in [2.24, 2.45) is 0 Å². The molecule has 0 aromatic carbocycles. The van der Waals surface area contributed by atoms with Gasteiger partial charge in [0.1, 0.15) is 5.15 Å². The molecule has 6 heteroatoms. The zero-order chi connectivity index (χ0) is 14.5. The van der Waals surface area contributed by atoms with Crippen molar-refractivity contribution in [2.75, 3.05) is 39.3 Å². The Balaban J connectivity index is 2.05. The fraction of sp³-hybridized carbons (Fsp3) is 0.571. The summed E-state index contributed by atoms with van der Waals surface area (Å²) in [6.07, 6.45) is 0.920. The first-order valence-electron chi connectivity index (χ1n) is 6.87. The van der Waals surface area contributed by atoms with Gasteiger partial charge in [0, 0.05) is 37.4 Å². The van der Waals surface area contributed by atoms with E-state index in [1.807, 2.05) is 11.8 Å². The van der Waals surface area contributed by atoms with E-state index in [1.165, 1.54) is 0 Å². The molecule has 1 aliphatic rings. The van der Waals surface area contributed by atoms with Crippen molar-refractivity contribution in [3.8, 4) is 0 Å². The van der Waals surface area contributed by atoms with Gasteiger partial charge in [0.05, 0.1) is 6.61 Å². The van der Waals surface area contributed by atoms with Gasteiger partial charge in [0.15, 0.2) is 0 Å². The summed E-state index contributed by atoms with van der Waals surface area (Å²) >= 11 is 5.91. The van der Waals surface area contributed by atoms with E-state index in [2.05, 4.69) is 9.88 Å². The van der Waals surface area contributed by atoms with Crippen molar-refractivity contribution < 1.29 is 9.90 Å². The molecule has 0 bridgehead atoms. The van der Waals surface area contributed by atoms with Crippen LogP contribution >= 0.6 is 11.6 Å². The van der Waals surface area contributed by atoms with Gasteiger partial charge in [-0.15, -0.1) is 0 Å². The van der Waals surface area contributed by atoms with Crippen LogP contribution in [0.5, 0.6) is 0 Å². The number of aliphatic hydroxyl groups excluding tert-OH is 1. The predicted octanol–water partition coefficient (Wildman–Crippen LogP) is 1.18. The van der Waals surface area contributed by atoms with Gasteiger partial charge in [-0.2, -0.15) is 0 Å². The second-order valence-electron chi connectivity index (χ2n) is 5.03. The Hall–Kier alpha value is -1.17. The average molecular weight is 298 g/mol. The third-order valence-electron chi connectivity index (χ3n) is 3.46. The van der Waals surface area contributed by atoms with Crippen molar-refractivity contribution >= 4 is 17.5 Å². The van der Waals surface area contributed by atoms with E-state index in [-0.39, 0.29) is 12.5 Å². The Kier molecular flexibility index (Phi) is 5.34. The molecule has 1 N–H and O–H groups in total. The summed E-state index contributed by atoms with van der Waals surface area (Å²) in [5.41, 5.74) is 1.34. The summed E-state index contributed by atoms with van der Waals surface area (Å²) in [5, 5.41) is 9.33. The molecule has 0 unspecified atom stereocenters. The number of pyridine rings is 1. The average Bonchev–Trinajstić information content (AvgIpc) is 2.63. The molecule has 0 radical (unpaired) electrons. The minimum atomic E-state index is 0.00301. The molecular weight excluding hydrogens is 278 g/mol. The smallest absolute Gasteiger partial charge is 0.254 e. The molecule has 1 saturated heterocycles. The fourth-order valence-corrected chi connectivity index (χ4v) is 2.72. The SMILES string of the molecule is Cc1cc(C(=O)N2CCCN(CCO)CC2)cc(Cl)n1. The number of nitrogens with zero attached hydrogens (tertiary/aromatic N) is 3. The number of carbonyl (C=O) groups is 1. The number of rotatable bonds is 3. The van der Waals surface area contributed by atoms with Crippen LogP contribution in [-0.2, 0) is 0 Å². The van der Waals surface area contributed by atoms with E-state index >= 15 is 0 Å². The second kappa shape index (κ2) is 7.02. The molecule has 1 aliphatic heterocycles. The topological polar surface area (TPSA) is 56.7 Å². The number of halogens is 1. The van der Waals surface area contributed by atoms with Crippen LogP contribution in [0.25, 0.3) is 0 Å². The molecule has 5 nitrogen and oxygen atoms in total. The van der Waals surface area contributed by atoms with Crippen LogP contribution in [0.3, 0.4) is 0 Å². The molecule has 110 valence electrons. The molecule has 1 aromatic heterocycles. The van der Waals surface area contributed by atoms with Crippen LogP contribution in [0.1, 0.15) is 22.5 Å². The summed E-state index contributed by atoms with van der Waals surface area (Å²) in [6.45, 7) is 5.78. The zero-order valence-corrected chi connectivity index (χ0v) is 12.4. The van der Waals surface area contributed by atoms with Crippen molar-refractivity contribution in [3.05, 3.63) is 28.5 Å². The lowest BCUT2D eigenvalue weighted by Crippen LogP contribution is -2.36. The molecule has 1 fully saturated rings. The summed E-state index contributed by atoms with van der Waals surface area (Å²) < 4.78 is 0. The molecule has 0 saturated carbocycles. The highest BCUT2D eigenvalue weighted by molar-refractivity contribution is 6.29. The highest BCUT2D eigenvalue weighted by Gasteiger charge is 2.20. The van der Waals surface area contributed by atoms with E-state index in [9.17, 15) is 4.79 Å². The first-order chi connectivity index (χ1) is 9.60. The maximum absolute atomic E-state index is 12.5. The standard InChI is InChI=1S/C14H20ClN3O2/c1-11-9-12(10-13(15)16-11)14(20)18-4-2-3-17(5-6-18)7-8-19/h9-10,19H,2-8H2,1H3. The summed E-state index contributed by atoms with van der Waals surface area (Å²) in [6, 6.07) is 3.39. The second-order valence-corrected chi connectivity index (χ2v) is 5.42. The largest absolute Gasteiger partial charge is 0.395 e. The van der Waals surface area contributed by atoms with E-state index in [4.69, 9.17) is 16.7 Å². The van der Waals surface area contributed by atoms with Crippen molar-refractivity contribution in [3.63, 3.8) is 0 Å². The molecule has 2 rings (SSSR count). The van der Waals surface area contributed by atoms with Crippen LogP contribution in [0, 0.1) is 6.92 Å².